The first-order valence-corrected chi connectivity index (χ1v) is 6.76. The molecule has 2 aromatic rings. The lowest BCUT2D eigenvalue weighted by Gasteiger charge is -2.27. The summed E-state index contributed by atoms with van der Waals surface area (Å²) in [5.41, 5.74) is 2.25. The lowest BCUT2D eigenvalue weighted by atomic mass is 9.74. The van der Waals surface area contributed by atoms with E-state index in [2.05, 4.69) is 11.9 Å². The van der Waals surface area contributed by atoms with Gasteiger partial charge < -0.3 is 0 Å². The number of nitrogens with zero attached hydrogens (tertiary/aromatic N) is 1. The summed E-state index contributed by atoms with van der Waals surface area (Å²) in [6.07, 6.45) is 3.72. The molecule has 1 aliphatic rings. The van der Waals surface area contributed by atoms with Gasteiger partial charge in [-0.15, -0.1) is 0 Å². The largest absolute Gasteiger partial charge is 0.293 e. The smallest absolute Gasteiger partial charge is 0.175 e. The van der Waals surface area contributed by atoms with Crippen LogP contribution in [-0.2, 0) is 0 Å². The number of ketones is 2. The van der Waals surface area contributed by atoms with Gasteiger partial charge in [0.2, 0.25) is 0 Å². The second kappa shape index (κ2) is 5.00. The van der Waals surface area contributed by atoms with Crippen molar-refractivity contribution in [3.05, 3.63) is 65.5 Å². The summed E-state index contributed by atoms with van der Waals surface area (Å²) >= 11 is 0. The zero-order valence-electron chi connectivity index (χ0n) is 11.2. The van der Waals surface area contributed by atoms with E-state index in [1.54, 1.807) is 18.3 Å². The van der Waals surface area contributed by atoms with Gasteiger partial charge in [0, 0.05) is 23.5 Å². The van der Waals surface area contributed by atoms with E-state index in [0.29, 0.717) is 17.5 Å². The van der Waals surface area contributed by atoms with E-state index in [4.69, 9.17) is 0 Å². The summed E-state index contributed by atoms with van der Waals surface area (Å²) in [7, 11) is 0. The average molecular weight is 265 g/mol. The van der Waals surface area contributed by atoms with Gasteiger partial charge in [0.1, 0.15) is 0 Å². The molecule has 3 rings (SSSR count). The van der Waals surface area contributed by atoms with E-state index in [9.17, 15) is 9.59 Å². The van der Waals surface area contributed by atoms with Gasteiger partial charge in [0.05, 0.1) is 5.92 Å². The standard InChI is InChI=1S/C17H15NO2/c1-11-9-15(16(19)12-5-4-8-18-10-12)17(20)14-7-3-2-6-13(11)14/h2-8,10-11,15H,9H2,1H3. The van der Waals surface area contributed by atoms with Gasteiger partial charge in [-0.05, 0) is 30.0 Å². The molecule has 20 heavy (non-hydrogen) atoms. The summed E-state index contributed by atoms with van der Waals surface area (Å²) in [5.74, 6) is -0.546. The first-order chi connectivity index (χ1) is 9.68. The normalized spacial score (nSPS) is 21.4. The lowest BCUT2D eigenvalue weighted by molar-refractivity contribution is 0.0782. The number of hydrogen-bond acceptors (Lipinski definition) is 3. The van der Waals surface area contributed by atoms with Crippen LogP contribution in [0.3, 0.4) is 0 Å². The Hall–Kier alpha value is -2.29. The Bertz CT molecular complexity index is 664. The van der Waals surface area contributed by atoms with Crippen LogP contribution in [0.25, 0.3) is 0 Å². The number of pyridine rings is 1. The highest BCUT2D eigenvalue weighted by molar-refractivity contribution is 6.17. The summed E-state index contributed by atoms with van der Waals surface area (Å²) in [4.78, 5) is 29.0. The van der Waals surface area contributed by atoms with E-state index in [1.807, 2.05) is 24.3 Å². The van der Waals surface area contributed by atoms with Crippen molar-refractivity contribution in [1.29, 1.82) is 0 Å². The Morgan fingerprint density at radius 3 is 2.75 bits per heavy atom. The van der Waals surface area contributed by atoms with Crippen LogP contribution in [0.4, 0.5) is 0 Å². The van der Waals surface area contributed by atoms with Crippen molar-refractivity contribution in [3.8, 4) is 0 Å². The molecular weight excluding hydrogens is 250 g/mol. The summed E-state index contributed by atoms with van der Waals surface area (Å²) < 4.78 is 0. The summed E-state index contributed by atoms with van der Waals surface area (Å²) in [6.45, 7) is 2.06. The van der Waals surface area contributed by atoms with Crippen molar-refractivity contribution >= 4 is 11.6 Å². The van der Waals surface area contributed by atoms with Crippen LogP contribution in [0, 0.1) is 5.92 Å². The average Bonchev–Trinajstić information content (AvgIpc) is 2.51. The molecular formula is C17H15NO2. The molecule has 0 saturated carbocycles. The number of carbonyl (C=O) groups is 2. The SMILES string of the molecule is CC1CC(C(=O)c2cccnc2)C(=O)c2ccccc21. The number of aromatic nitrogens is 1. The van der Waals surface area contributed by atoms with Crippen LogP contribution < -0.4 is 0 Å². The van der Waals surface area contributed by atoms with Crippen molar-refractivity contribution in [2.45, 2.75) is 19.3 Å². The fourth-order valence-electron chi connectivity index (χ4n) is 2.86. The summed E-state index contributed by atoms with van der Waals surface area (Å²) in [6, 6.07) is 11.0. The van der Waals surface area contributed by atoms with Gasteiger partial charge in [-0.25, -0.2) is 0 Å². The van der Waals surface area contributed by atoms with Crippen molar-refractivity contribution in [1.82, 2.24) is 4.98 Å². The highest BCUT2D eigenvalue weighted by atomic mass is 16.2. The maximum atomic E-state index is 12.5. The van der Waals surface area contributed by atoms with Crippen LogP contribution >= 0.6 is 0 Å². The molecule has 0 radical (unpaired) electrons. The van der Waals surface area contributed by atoms with Crippen molar-refractivity contribution < 1.29 is 9.59 Å². The Morgan fingerprint density at radius 1 is 1.20 bits per heavy atom. The second-order valence-corrected chi connectivity index (χ2v) is 5.25. The topological polar surface area (TPSA) is 47.0 Å². The third-order valence-electron chi connectivity index (χ3n) is 3.93. The third kappa shape index (κ3) is 2.05. The van der Waals surface area contributed by atoms with Crippen molar-refractivity contribution in [3.63, 3.8) is 0 Å². The number of benzene rings is 1. The number of hydrogen-bond donors (Lipinski definition) is 0. The third-order valence-corrected chi connectivity index (χ3v) is 3.93. The highest BCUT2D eigenvalue weighted by Gasteiger charge is 2.36. The van der Waals surface area contributed by atoms with Crippen LogP contribution in [0.5, 0.6) is 0 Å². The molecule has 2 atom stereocenters. The Morgan fingerprint density at radius 2 is 2.00 bits per heavy atom. The quantitative estimate of drug-likeness (QED) is 0.618. The van der Waals surface area contributed by atoms with Crippen LogP contribution in [0.2, 0.25) is 0 Å². The Kier molecular flexibility index (Phi) is 3.18. The molecule has 0 aliphatic heterocycles. The maximum absolute atomic E-state index is 12.5. The lowest BCUT2D eigenvalue weighted by Crippen LogP contribution is -2.31. The minimum Gasteiger partial charge on any atom is -0.293 e. The second-order valence-electron chi connectivity index (χ2n) is 5.25. The van der Waals surface area contributed by atoms with Gasteiger partial charge in [0.15, 0.2) is 11.6 Å². The number of Topliss-reactive ketones (excluding diaryl/α,β-unsaturated/α-hetero) is 2. The van der Waals surface area contributed by atoms with Gasteiger partial charge in [-0.2, -0.15) is 0 Å². The molecule has 0 spiro atoms. The van der Waals surface area contributed by atoms with Crippen LogP contribution in [0.15, 0.2) is 48.8 Å². The van der Waals surface area contributed by atoms with E-state index in [1.165, 1.54) is 6.20 Å². The Balaban J connectivity index is 1.98. The van der Waals surface area contributed by atoms with Gasteiger partial charge >= 0.3 is 0 Å². The van der Waals surface area contributed by atoms with E-state index >= 15 is 0 Å². The molecule has 1 aliphatic carbocycles. The monoisotopic (exact) mass is 265 g/mol. The number of rotatable bonds is 2. The number of fused-ring (bicyclic) bond motifs is 1. The molecule has 3 heteroatoms. The van der Waals surface area contributed by atoms with Gasteiger partial charge in [-0.1, -0.05) is 31.2 Å². The van der Waals surface area contributed by atoms with E-state index < -0.39 is 5.92 Å². The van der Waals surface area contributed by atoms with Gasteiger partial charge in [0.25, 0.3) is 0 Å². The number of carbonyl (C=O) groups excluding carboxylic acids is 2. The van der Waals surface area contributed by atoms with Crippen LogP contribution in [-0.4, -0.2) is 16.6 Å². The predicted octanol–water partition coefficient (Wildman–Crippen LogP) is 3.27. The molecule has 100 valence electrons. The fourth-order valence-corrected chi connectivity index (χ4v) is 2.86. The first-order valence-electron chi connectivity index (χ1n) is 6.76. The van der Waals surface area contributed by atoms with E-state index in [-0.39, 0.29) is 17.5 Å². The zero-order chi connectivity index (χ0) is 14.1. The molecule has 0 fully saturated rings. The molecule has 0 bridgehead atoms. The predicted molar refractivity (Wildman–Crippen MR) is 75.9 cm³/mol. The molecule has 0 N–H and O–H groups in total. The highest BCUT2D eigenvalue weighted by Crippen LogP contribution is 2.35. The molecule has 2 unspecified atom stereocenters. The Labute approximate surface area is 117 Å². The van der Waals surface area contributed by atoms with Gasteiger partial charge in [-0.3, -0.25) is 14.6 Å². The zero-order valence-corrected chi connectivity index (χ0v) is 11.2. The molecule has 1 aromatic heterocycles. The minimum absolute atomic E-state index is 0.0625. The van der Waals surface area contributed by atoms with Crippen molar-refractivity contribution in [2.75, 3.05) is 0 Å². The molecule has 1 heterocycles. The summed E-state index contributed by atoms with van der Waals surface area (Å²) in [5, 5.41) is 0. The van der Waals surface area contributed by atoms with E-state index in [0.717, 1.165) is 5.56 Å². The van der Waals surface area contributed by atoms with Crippen molar-refractivity contribution in [2.24, 2.45) is 5.92 Å². The fraction of sp³-hybridized carbons (Fsp3) is 0.235. The minimum atomic E-state index is -0.580. The molecule has 0 saturated heterocycles. The molecule has 0 amide bonds. The molecule has 1 aromatic carbocycles. The first kappa shape index (κ1) is 12.7. The van der Waals surface area contributed by atoms with Crippen LogP contribution in [0.1, 0.15) is 45.5 Å². The maximum Gasteiger partial charge on any atom is 0.175 e. The molecule has 3 nitrogen and oxygen atoms in total.